The molecule has 0 bridgehead atoms. The van der Waals surface area contributed by atoms with Crippen LogP contribution < -0.4 is 11.1 Å². The molecule has 1 aromatic heterocycles. The van der Waals surface area contributed by atoms with E-state index in [4.69, 9.17) is 9.15 Å². The molecule has 0 aliphatic heterocycles. The van der Waals surface area contributed by atoms with Gasteiger partial charge in [-0.1, -0.05) is 6.07 Å². The molecule has 2 aromatic rings. The lowest BCUT2D eigenvalue weighted by Gasteiger charge is -2.04. The van der Waals surface area contributed by atoms with Crippen molar-refractivity contribution in [1.82, 2.24) is 10.3 Å². The van der Waals surface area contributed by atoms with Gasteiger partial charge >= 0.3 is 11.7 Å². The van der Waals surface area contributed by atoms with Crippen LogP contribution in [-0.4, -0.2) is 24.1 Å². The summed E-state index contributed by atoms with van der Waals surface area (Å²) in [6.07, 6.45) is 0. The zero-order valence-corrected chi connectivity index (χ0v) is 9.99. The summed E-state index contributed by atoms with van der Waals surface area (Å²) in [6.45, 7) is 2.82. The van der Waals surface area contributed by atoms with E-state index in [0.717, 1.165) is 5.56 Å². The molecule has 6 nitrogen and oxygen atoms in total. The molecule has 1 aromatic carbocycles. The molecule has 0 radical (unpaired) electrons. The molecule has 0 aliphatic rings. The summed E-state index contributed by atoms with van der Waals surface area (Å²) in [4.78, 5) is 24.7. The Kier molecular flexibility index (Phi) is 3.78. The Bertz CT molecular complexity index is 599. The molecule has 96 valence electrons. The van der Waals surface area contributed by atoms with Crippen molar-refractivity contribution >= 4 is 17.1 Å². The number of fused-ring (bicyclic) bond motifs is 1. The number of aromatic nitrogens is 1. The second-order valence-corrected chi connectivity index (χ2v) is 3.75. The number of nitrogens with one attached hydrogen (secondary N) is 2. The number of rotatable bonds is 5. The molecule has 0 amide bonds. The van der Waals surface area contributed by atoms with Gasteiger partial charge in [-0.3, -0.25) is 9.78 Å². The first-order valence-electron chi connectivity index (χ1n) is 5.67. The predicted octanol–water partition coefficient (Wildman–Crippen LogP) is 0.774. The van der Waals surface area contributed by atoms with Crippen LogP contribution in [0.4, 0.5) is 0 Å². The van der Waals surface area contributed by atoms with Gasteiger partial charge in [-0.25, -0.2) is 4.79 Å². The third-order valence-electron chi connectivity index (χ3n) is 2.39. The molecular weight excluding hydrogens is 236 g/mol. The number of hydrogen-bond acceptors (Lipinski definition) is 5. The summed E-state index contributed by atoms with van der Waals surface area (Å²) in [7, 11) is 0. The number of carbonyl (C=O) groups excluding carboxylic acids is 1. The van der Waals surface area contributed by atoms with E-state index in [1.54, 1.807) is 19.1 Å². The maximum absolute atomic E-state index is 11.1. The van der Waals surface area contributed by atoms with Crippen LogP contribution in [0, 0.1) is 0 Å². The van der Waals surface area contributed by atoms with Crippen molar-refractivity contribution in [1.29, 1.82) is 0 Å². The number of hydrogen-bond donors (Lipinski definition) is 2. The topological polar surface area (TPSA) is 84.3 Å². The molecule has 0 aliphatic carbocycles. The van der Waals surface area contributed by atoms with Gasteiger partial charge in [0.25, 0.3) is 0 Å². The van der Waals surface area contributed by atoms with Crippen LogP contribution in [0.1, 0.15) is 12.5 Å². The quantitative estimate of drug-likeness (QED) is 0.766. The van der Waals surface area contributed by atoms with Crippen LogP contribution in [0.5, 0.6) is 0 Å². The molecule has 2 N–H and O–H groups in total. The normalized spacial score (nSPS) is 10.7. The molecule has 18 heavy (non-hydrogen) atoms. The third kappa shape index (κ3) is 2.98. The highest BCUT2D eigenvalue weighted by Gasteiger charge is 2.03. The SMILES string of the molecule is CCOC(=O)CNCc1ccc2oc(=O)[nH]c2c1. The van der Waals surface area contributed by atoms with Gasteiger partial charge in [-0.05, 0) is 24.6 Å². The molecule has 0 atom stereocenters. The molecule has 6 heteroatoms. The van der Waals surface area contributed by atoms with Crippen molar-refractivity contribution < 1.29 is 13.9 Å². The first-order chi connectivity index (χ1) is 8.69. The van der Waals surface area contributed by atoms with E-state index in [1.165, 1.54) is 0 Å². The van der Waals surface area contributed by atoms with Crippen molar-refractivity contribution in [3.63, 3.8) is 0 Å². The number of aromatic amines is 1. The monoisotopic (exact) mass is 250 g/mol. The fourth-order valence-electron chi connectivity index (χ4n) is 1.63. The summed E-state index contributed by atoms with van der Waals surface area (Å²) >= 11 is 0. The van der Waals surface area contributed by atoms with Gasteiger partial charge in [-0.2, -0.15) is 0 Å². The predicted molar refractivity (Wildman–Crippen MR) is 65.2 cm³/mol. The van der Waals surface area contributed by atoms with E-state index in [9.17, 15) is 9.59 Å². The standard InChI is InChI=1S/C12H14N2O4/c1-2-17-11(15)7-13-6-8-3-4-10-9(5-8)14-12(16)18-10/h3-5,13H,2,6-7H2,1H3,(H,14,16). The first kappa shape index (κ1) is 12.4. The van der Waals surface area contributed by atoms with Gasteiger partial charge in [0.1, 0.15) is 0 Å². The Balaban J connectivity index is 1.95. The molecule has 0 saturated carbocycles. The average molecular weight is 250 g/mol. The van der Waals surface area contributed by atoms with E-state index in [-0.39, 0.29) is 12.5 Å². The van der Waals surface area contributed by atoms with Crippen molar-refractivity contribution in [2.75, 3.05) is 13.2 Å². The van der Waals surface area contributed by atoms with Gasteiger partial charge in [0, 0.05) is 6.54 Å². The second-order valence-electron chi connectivity index (χ2n) is 3.75. The highest BCUT2D eigenvalue weighted by Crippen LogP contribution is 2.11. The maximum atomic E-state index is 11.1. The summed E-state index contributed by atoms with van der Waals surface area (Å²) in [5, 5.41) is 2.96. The van der Waals surface area contributed by atoms with E-state index < -0.39 is 5.76 Å². The number of oxazole rings is 1. The minimum absolute atomic E-state index is 0.160. The number of esters is 1. The van der Waals surface area contributed by atoms with Crippen molar-refractivity contribution in [3.05, 3.63) is 34.3 Å². The third-order valence-corrected chi connectivity index (χ3v) is 2.39. The van der Waals surface area contributed by atoms with Crippen LogP contribution in [0.15, 0.2) is 27.4 Å². The molecule has 0 fully saturated rings. The number of H-pyrrole nitrogens is 1. The molecule has 0 spiro atoms. The zero-order chi connectivity index (χ0) is 13.0. The molecule has 0 saturated heterocycles. The Morgan fingerprint density at radius 3 is 3.11 bits per heavy atom. The van der Waals surface area contributed by atoms with Gasteiger partial charge in [-0.15, -0.1) is 0 Å². The van der Waals surface area contributed by atoms with Crippen LogP contribution in [0.2, 0.25) is 0 Å². The first-order valence-corrected chi connectivity index (χ1v) is 5.67. The summed E-state index contributed by atoms with van der Waals surface area (Å²) in [5.74, 6) is -0.753. The summed E-state index contributed by atoms with van der Waals surface area (Å²) < 4.78 is 9.68. The summed E-state index contributed by atoms with van der Waals surface area (Å²) in [5.41, 5.74) is 2.12. The maximum Gasteiger partial charge on any atom is 0.417 e. The minimum Gasteiger partial charge on any atom is -0.465 e. The van der Waals surface area contributed by atoms with E-state index in [0.29, 0.717) is 24.3 Å². The Labute approximate surface area is 103 Å². The molecular formula is C12H14N2O4. The zero-order valence-electron chi connectivity index (χ0n) is 9.99. The average Bonchev–Trinajstić information content (AvgIpc) is 2.69. The molecule has 0 unspecified atom stereocenters. The fourth-order valence-corrected chi connectivity index (χ4v) is 1.63. The molecule has 2 rings (SSSR count). The van der Waals surface area contributed by atoms with Crippen LogP contribution >= 0.6 is 0 Å². The van der Waals surface area contributed by atoms with Gasteiger partial charge in [0.15, 0.2) is 5.58 Å². The largest absolute Gasteiger partial charge is 0.465 e. The van der Waals surface area contributed by atoms with E-state index in [2.05, 4.69) is 10.3 Å². The van der Waals surface area contributed by atoms with Gasteiger partial charge < -0.3 is 14.5 Å². The fraction of sp³-hybridized carbons (Fsp3) is 0.333. The van der Waals surface area contributed by atoms with Crippen molar-refractivity contribution in [3.8, 4) is 0 Å². The number of benzene rings is 1. The lowest BCUT2D eigenvalue weighted by Crippen LogP contribution is -2.24. The summed E-state index contributed by atoms with van der Waals surface area (Å²) in [6, 6.07) is 5.35. The van der Waals surface area contributed by atoms with E-state index in [1.807, 2.05) is 6.07 Å². The Morgan fingerprint density at radius 1 is 1.50 bits per heavy atom. The van der Waals surface area contributed by atoms with Crippen LogP contribution in [-0.2, 0) is 16.1 Å². The Hall–Kier alpha value is -2.08. The highest BCUT2D eigenvalue weighted by molar-refractivity contribution is 5.73. The smallest absolute Gasteiger partial charge is 0.417 e. The van der Waals surface area contributed by atoms with Gasteiger partial charge in [0.2, 0.25) is 0 Å². The Morgan fingerprint density at radius 2 is 2.33 bits per heavy atom. The van der Waals surface area contributed by atoms with Crippen LogP contribution in [0.3, 0.4) is 0 Å². The van der Waals surface area contributed by atoms with E-state index >= 15 is 0 Å². The number of carbonyl (C=O) groups is 1. The lowest BCUT2D eigenvalue weighted by atomic mass is 10.2. The molecule has 1 heterocycles. The highest BCUT2D eigenvalue weighted by atomic mass is 16.5. The van der Waals surface area contributed by atoms with Crippen molar-refractivity contribution in [2.24, 2.45) is 0 Å². The van der Waals surface area contributed by atoms with Crippen LogP contribution in [0.25, 0.3) is 11.1 Å². The van der Waals surface area contributed by atoms with Crippen molar-refractivity contribution in [2.45, 2.75) is 13.5 Å². The van der Waals surface area contributed by atoms with Gasteiger partial charge in [0.05, 0.1) is 18.7 Å². The number of ether oxygens (including phenoxy) is 1. The lowest BCUT2D eigenvalue weighted by molar-refractivity contribution is -0.142. The second kappa shape index (κ2) is 5.50. The minimum atomic E-state index is -0.471.